The zero-order valence-corrected chi connectivity index (χ0v) is 13.1. The van der Waals surface area contributed by atoms with Crippen LogP contribution in [0.5, 0.6) is 0 Å². The zero-order valence-electron chi connectivity index (χ0n) is 12.2. The summed E-state index contributed by atoms with van der Waals surface area (Å²) in [6.07, 6.45) is 3.69. The lowest BCUT2D eigenvalue weighted by atomic mass is 10.1. The molecule has 0 saturated heterocycles. The second-order valence-corrected chi connectivity index (χ2v) is 6.79. The average Bonchev–Trinajstić information content (AvgIpc) is 2.94. The summed E-state index contributed by atoms with van der Waals surface area (Å²) in [7, 11) is 0. The van der Waals surface area contributed by atoms with Crippen LogP contribution in [0.15, 0.2) is 35.2 Å². The van der Waals surface area contributed by atoms with Gasteiger partial charge in [0.25, 0.3) is 0 Å². The summed E-state index contributed by atoms with van der Waals surface area (Å²) >= 11 is 1.59. The lowest BCUT2D eigenvalue weighted by Crippen LogP contribution is -2.47. The van der Waals surface area contributed by atoms with E-state index in [0.29, 0.717) is 6.54 Å². The van der Waals surface area contributed by atoms with E-state index in [9.17, 15) is 9.59 Å². The number of carboxylic acids is 1. The van der Waals surface area contributed by atoms with Crippen LogP contribution in [-0.2, 0) is 9.59 Å². The molecule has 0 heterocycles. The van der Waals surface area contributed by atoms with Gasteiger partial charge >= 0.3 is 5.97 Å². The summed E-state index contributed by atoms with van der Waals surface area (Å²) in [5.74, 6) is -0.984. The van der Waals surface area contributed by atoms with Gasteiger partial charge in [-0.1, -0.05) is 31.0 Å². The largest absolute Gasteiger partial charge is 0.480 e. The third-order valence-electron chi connectivity index (χ3n) is 3.85. The molecule has 2 rings (SSSR count). The maximum Gasteiger partial charge on any atom is 0.323 e. The highest BCUT2D eigenvalue weighted by Gasteiger charge is 2.44. The molecule has 1 N–H and O–H groups in total. The molecular formula is C16H21NO3S. The Morgan fingerprint density at radius 3 is 2.38 bits per heavy atom. The van der Waals surface area contributed by atoms with E-state index in [1.54, 1.807) is 11.8 Å². The van der Waals surface area contributed by atoms with E-state index < -0.39 is 10.7 Å². The van der Waals surface area contributed by atoms with Gasteiger partial charge in [0.05, 0.1) is 4.75 Å². The number of hydrogen-bond donors (Lipinski definition) is 1. The fourth-order valence-electron chi connectivity index (χ4n) is 2.80. The SMILES string of the molecule is CCN(CC(=O)O)C(=O)C1(Sc2ccccc2)CCCC1. The second-order valence-electron chi connectivity index (χ2n) is 5.33. The van der Waals surface area contributed by atoms with Crippen LogP contribution in [0.2, 0.25) is 0 Å². The maximum atomic E-state index is 12.9. The molecule has 4 nitrogen and oxygen atoms in total. The predicted molar refractivity (Wildman–Crippen MR) is 83.4 cm³/mol. The molecule has 114 valence electrons. The third kappa shape index (κ3) is 3.79. The van der Waals surface area contributed by atoms with E-state index in [1.165, 1.54) is 4.90 Å². The summed E-state index contributed by atoms with van der Waals surface area (Å²) in [6, 6.07) is 9.89. The first-order valence-electron chi connectivity index (χ1n) is 7.32. The fourth-order valence-corrected chi connectivity index (χ4v) is 4.25. The molecule has 0 unspecified atom stereocenters. The Kier molecular flexibility index (Phi) is 5.28. The van der Waals surface area contributed by atoms with Crippen molar-refractivity contribution in [3.63, 3.8) is 0 Å². The van der Waals surface area contributed by atoms with Crippen molar-refractivity contribution in [1.29, 1.82) is 0 Å². The number of carbonyl (C=O) groups excluding carboxylic acids is 1. The van der Waals surface area contributed by atoms with Gasteiger partial charge in [0.2, 0.25) is 5.91 Å². The van der Waals surface area contributed by atoms with Crippen molar-refractivity contribution in [3.8, 4) is 0 Å². The highest BCUT2D eigenvalue weighted by atomic mass is 32.2. The summed E-state index contributed by atoms with van der Waals surface area (Å²) in [4.78, 5) is 26.4. The Hall–Kier alpha value is -1.49. The van der Waals surface area contributed by atoms with Gasteiger partial charge in [0, 0.05) is 11.4 Å². The van der Waals surface area contributed by atoms with Crippen LogP contribution in [-0.4, -0.2) is 39.7 Å². The van der Waals surface area contributed by atoms with Crippen molar-refractivity contribution in [1.82, 2.24) is 4.90 Å². The number of carbonyl (C=O) groups is 2. The Morgan fingerprint density at radius 1 is 1.24 bits per heavy atom. The van der Waals surface area contributed by atoms with E-state index in [2.05, 4.69) is 0 Å². The van der Waals surface area contributed by atoms with Crippen molar-refractivity contribution < 1.29 is 14.7 Å². The molecule has 1 aliphatic rings. The Balaban J connectivity index is 2.20. The van der Waals surface area contributed by atoms with Gasteiger partial charge < -0.3 is 10.0 Å². The van der Waals surface area contributed by atoms with Gasteiger partial charge in [0.15, 0.2) is 0 Å². The molecule has 1 aliphatic carbocycles. The molecule has 0 aromatic heterocycles. The van der Waals surface area contributed by atoms with Gasteiger partial charge in [-0.2, -0.15) is 0 Å². The van der Waals surface area contributed by atoms with Crippen LogP contribution >= 0.6 is 11.8 Å². The first kappa shape index (κ1) is 15.9. The number of rotatable bonds is 6. The van der Waals surface area contributed by atoms with Crippen molar-refractivity contribution >= 4 is 23.6 Å². The minimum absolute atomic E-state index is 0.0289. The quantitative estimate of drug-likeness (QED) is 0.877. The van der Waals surface area contributed by atoms with Crippen molar-refractivity contribution in [3.05, 3.63) is 30.3 Å². The molecule has 1 fully saturated rings. The minimum atomic E-state index is -0.956. The Labute approximate surface area is 129 Å². The van der Waals surface area contributed by atoms with E-state index in [-0.39, 0.29) is 12.5 Å². The number of aliphatic carboxylic acids is 1. The lowest BCUT2D eigenvalue weighted by molar-refractivity contribution is -0.145. The zero-order chi connectivity index (χ0) is 15.3. The van der Waals surface area contributed by atoms with E-state index >= 15 is 0 Å². The van der Waals surface area contributed by atoms with Gasteiger partial charge in [-0.25, -0.2) is 0 Å². The maximum absolute atomic E-state index is 12.9. The standard InChI is InChI=1S/C16H21NO3S/c1-2-17(12-14(18)19)15(20)16(10-6-7-11-16)21-13-8-4-3-5-9-13/h3-5,8-9H,2,6-7,10-12H2,1H3,(H,18,19). The van der Waals surface area contributed by atoms with Gasteiger partial charge in [-0.05, 0) is 31.9 Å². The molecule has 0 spiro atoms. The van der Waals surface area contributed by atoms with Crippen LogP contribution in [0.25, 0.3) is 0 Å². The first-order chi connectivity index (χ1) is 10.1. The lowest BCUT2D eigenvalue weighted by Gasteiger charge is -2.32. The predicted octanol–water partition coefficient (Wildman–Crippen LogP) is 3.02. The summed E-state index contributed by atoms with van der Waals surface area (Å²) in [6.45, 7) is 2.05. The second kappa shape index (κ2) is 6.98. The summed E-state index contributed by atoms with van der Waals surface area (Å²) in [5, 5.41) is 8.98. The molecule has 21 heavy (non-hydrogen) atoms. The average molecular weight is 307 g/mol. The molecular weight excluding hydrogens is 286 g/mol. The Morgan fingerprint density at radius 2 is 1.86 bits per heavy atom. The number of nitrogens with zero attached hydrogens (tertiary/aromatic N) is 1. The number of thioether (sulfide) groups is 1. The molecule has 0 radical (unpaired) electrons. The van der Waals surface area contributed by atoms with Crippen molar-refractivity contribution in [2.24, 2.45) is 0 Å². The third-order valence-corrected chi connectivity index (χ3v) is 5.33. The molecule has 0 atom stereocenters. The van der Waals surface area contributed by atoms with Crippen molar-refractivity contribution in [2.75, 3.05) is 13.1 Å². The van der Waals surface area contributed by atoms with Crippen LogP contribution in [0, 0.1) is 0 Å². The molecule has 0 aliphatic heterocycles. The number of benzene rings is 1. The number of carboxylic acid groups (broad SMARTS) is 1. The van der Waals surface area contributed by atoms with Crippen LogP contribution in [0.1, 0.15) is 32.6 Å². The monoisotopic (exact) mass is 307 g/mol. The summed E-state index contributed by atoms with van der Waals surface area (Å²) < 4.78 is -0.493. The Bertz CT molecular complexity index is 498. The molecule has 1 aromatic rings. The topological polar surface area (TPSA) is 57.6 Å². The van der Waals surface area contributed by atoms with Crippen LogP contribution in [0.3, 0.4) is 0 Å². The number of hydrogen-bond acceptors (Lipinski definition) is 3. The van der Waals surface area contributed by atoms with Crippen LogP contribution < -0.4 is 0 Å². The first-order valence-corrected chi connectivity index (χ1v) is 8.14. The molecule has 0 bridgehead atoms. The van der Waals surface area contributed by atoms with Gasteiger partial charge in [-0.3, -0.25) is 9.59 Å². The number of amides is 1. The molecule has 1 aromatic carbocycles. The summed E-state index contributed by atoms with van der Waals surface area (Å²) in [5.41, 5.74) is 0. The van der Waals surface area contributed by atoms with E-state index in [4.69, 9.17) is 5.11 Å². The van der Waals surface area contributed by atoms with Gasteiger partial charge in [-0.15, -0.1) is 11.8 Å². The normalized spacial score (nSPS) is 16.6. The van der Waals surface area contributed by atoms with Gasteiger partial charge in [0.1, 0.15) is 6.54 Å². The smallest absolute Gasteiger partial charge is 0.323 e. The fraction of sp³-hybridized carbons (Fsp3) is 0.500. The van der Waals surface area contributed by atoms with E-state index in [0.717, 1.165) is 30.6 Å². The molecule has 5 heteroatoms. The van der Waals surface area contributed by atoms with E-state index in [1.807, 2.05) is 37.3 Å². The molecule has 1 saturated carbocycles. The molecule has 1 amide bonds. The highest BCUT2D eigenvalue weighted by Crippen LogP contribution is 2.46. The van der Waals surface area contributed by atoms with Crippen LogP contribution in [0.4, 0.5) is 0 Å². The number of likely N-dealkylation sites (N-methyl/N-ethyl adjacent to an activating group) is 1. The van der Waals surface area contributed by atoms with Crippen molar-refractivity contribution in [2.45, 2.75) is 42.2 Å². The highest BCUT2D eigenvalue weighted by molar-refractivity contribution is 8.01. The minimum Gasteiger partial charge on any atom is -0.480 e.